The summed E-state index contributed by atoms with van der Waals surface area (Å²) in [5.41, 5.74) is -0.0746. The largest absolute Gasteiger partial charge is 0.491 e. The summed E-state index contributed by atoms with van der Waals surface area (Å²) in [4.78, 5) is 11.1. The van der Waals surface area contributed by atoms with Crippen molar-refractivity contribution < 1.29 is 52.5 Å². The van der Waals surface area contributed by atoms with Crippen molar-refractivity contribution in [2.45, 2.75) is 38.9 Å². The topological polar surface area (TPSA) is 120 Å². The molecule has 0 saturated carbocycles. The molecule has 236 valence electrons. The molecule has 1 aromatic carbocycles. The molecule has 1 N–H and O–H groups in total. The second-order valence-corrected chi connectivity index (χ2v) is 9.86. The number of para-hydroxylation sites is 1. The van der Waals surface area contributed by atoms with Crippen molar-refractivity contribution in [3.05, 3.63) is 42.5 Å². The van der Waals surface area contributed by atoms with Gasteiger partial charge in [-0.05, 0) is 32.9 Å². The zero-order valence-electron chi connectivity index (χ0n) is 25.0. The van der Waals surface area contributed by atoms with Crippen LogP contribution in [0, 0.1) is 0 Å². The molecule has 11 heteroatoms. The van der Waals surface area contributed by atoms with E-state index in [0.29, 0.717) is 98.2 Å². The molecule has 0 heterocycles. The maximum Gasteiger partial charge on any atom is 0.331 e. The summed E-state index contributed by atoms with van der Waals surface area (Å²) in [6.07, 6.45) is -0.287. The number of carboxylic acids is 1. The van der Waals surface area contributed by atoms with Gasteiger partial charge in [0, 0.05) is 12.0 Å². The Morgan fingerprint density at radius 2 is 1.12 bits per heavy atom. The standard InChI is InChI=1S/C30H50O11/c1-26(29(31)32)24-28(25-40-27-8-6-5-7-9-27)39-22-20-37-18-16-35-14-12-33-10-11-34-13-15-36-17-19-38-21-23-41-30(2,3)4/h5-9,28H,1,10-25H2,2-4H3,(H,31,32). The minimum atomic E-state index is -1.05. The lowest BCUT2D eigenvalue weighted by Gasteiger charge is -2.19. The summed E-state index contributed by atoms with van der Waals surface area (Å²) >= 11 is 0. The van der Waals surface area contributed by atoms with Gasteiger partial charge in [-0.1, -0.05) is 24.8 Å². The maximum atomic E-state index is 11.1. The van der Waals surface area contributed by atoms with Crippen molar-refractivity contribution >= 4 is 5.97 Å². The van der Waals surface area contributed by atoms with Crippen molar-refractivity contribution in [3.8, 4) is 5.75 Å². The van der Waals surface area contributed by atoms with E-state index in [1.54, 1.807) is 0 Å². The van der Waals surface area contributed by atoms with Gasteiger partial charge in [0.25, 0.3) is 0 Å². The fourth-order valence-electron chi connectivity index (χ4n) is 3.12. The predicted octanol–water partition coefficient (Wildman–Crippen LogP) is 3.40. The molecule has 0 aromatic heterocycles. The Bertz CT molecular complexity index is 767. The predicted molar refractivity (Wildman–Crippen MR) is 154 cm³/mol. The number of aliphatic carboxylic acids is 1. The van der Waals surface area contributed by atoms with E-state index in [0.717, 1.165) is 0 Å². The second kappa shape index (κ2) is 24.5. The molecule has 11 nitrogen and oxygen atoms in total. The normalized spacial score (nSPS) is 12.4. The Kier molecular flexibility index (Phi) is 22.1. The maximum absolute atomic E-state index is 11.1. The van der Waals surface area contributed by atoms with E-state index in [1.165, 1.54) is 0 Å². The molecule has 1 rings (SSSR count). The quantitative estimate of drug-likeness (QED) is 0.115. The molecule has 0 aliphatic rings. The van der Waals surface area contributed by atoms with E-state index in [9.17, 15) is 4.79 Å². The third-order valence-corrected chi connectivity index (χ3v) is 5.16. The van der Waals surface area contributed by atoms with Crippen LogP contribution in [0.1, 0.15) is 27.2 Å². The lowest BCUT2D eigenvalue weighted by molar-refractivity contribution is -0.133. The van der Waals surface area contributed by atoms with Crippen molar-refractivity contribution in [2.75, 3.05) is 99.1 Å². The number of carbonyl (C=O) groups is 1. The highest BCUT2D eigenvalue weighted by atomic mass is 16.6. The molecular weight excluding hydrogens is 536 g/mol. The summed E-state index contributed by atoms with van der Waals surface area (Å²) < 4.78 is 49.9. The van der Waals surface area contributed by atoms with E-state index in [2.05, 4.69) is 6.58 Å². The summed E-state index contributed by atoms with van der Waals surface area (Å²) in [5.74, 6) is -0.364. The molecule has 0 fully saturated rings. The van der Waals surface area contributed by atoms with E-state index in [4.69, 9.17) is 47.7 Å². The molecule has 1 aromatic rings. The highest BCUT2D eigenvalue weighted by Gasteiger charge is 2.16. The van der Waals surface area contributed by atoms with Crippen molar-refractivity contribution in [1.29, 1.82) is 0 Å². The summed E-state index contributed by atoms with van der Waals surface area (Å²) in [6, 6.07) is 9.27. The van der Waals surface area contributed by atoms with Crippen LogP contribution in [0.2, 0.25) is 0 Å². The first-order valence-electron chi connectivity index (χ1n) is 14.1. The number of rotatable bonds is 28. The highest BCUT2D eigenvalue weighted by molar-refractivity contribution is 5.85. The first-order valence-corrected chi connectivity index (χ1v) is 14.1. The zero-order chi connectivity index (χ0) is 30.0. The van der Waals surface area contributed by atoms with E-state index in [1.807, 2.05) is 51.1 Å². The number of ether oxygens (including phenoxy) is 9. The van der Waals surface area contributed by atoms with Crippen LogP contribution in [-0.4, -0.2) is 122 Å². The summed E-state index contributed by atoms with van der Waals surface area (Å²) in [7, 11) is 0. The molecule has 41 heavy (non-hydrogen) atoms. The smallest absolute Gasteiger partial charge is 0.331 e. The number of hydrogen-bond acceptors (Lipinski definition) is 10. The molecule has 0 radical (unpaired) electrons. The minimum absolute atomic E-state index is 0.0686. The monoisotopic (exact) mass is 586 g/mol. The highest BCUT2D eigenvalue weighted by Crippen LogP contribution is 2.13. The average Bonchev–Trinajstić information content (AvgIpc) is 2.94. The van der Waals surface area contributed by atoms with Crippen LogP contribution in [0.4, 0.5) is 0 Å². The summed E-state index contributed by atoms with van der Waals surface area (Å²) in [5, 5.41) is 9.12. The molecule has 1 unspecified atom stereocenters. The van der Waals surface area contributed by atoms with E-state index >= 15 is 0 Å². The van der Waals surface area contributed by atoms with Crippen LogP contribution < -0.4 is 4.74 Å². The number of carboxylic acid groups (broad SMARTS) is 1. The lowest BCUT2D eigenvalue weighted by Crippen LogP contribution is -2.26. The summed E-state index contributed by atoms with van der Waals surface area (Å²) in [6.45, 7) is 16.4. The first-order chi connectivity index (χ1) is 19.8. The molecule has 0 spiro atoms. The number of hydrogen-bond donors (Lipinski definition) is 1. The molecule has 0 aliphatic heterocycles. The minimum Gasteiger partial charge on any atom is -0.491 e. The Morgan fingerprint density at radius 3 is 1.54 bits per heavy atom. The molecule has 1 atom stereocenters. The van der Waals surface area contributed by atoms with Gasteiger partial charge >= 0.3 is 5.97 Å². The average molecular weight is 587 g/mol. The molecule has 0 aliphatic carbocycles. The first kappa shape index (κ1) is 36.9. The van der Waals surface area contributed by atoms with Gasteiger partial charge in [-0.3, -0.25) is 0 Å². The SMILES string of the molecule is C=C(CC(COc1ccccc1)OCCOCCOCCOCCOCCOCCOCCOC(C)(C)C)C(=O)O. The third kappa shape index (κ3) is 24.2. The molecule has 0 bridgehead atoms. The van der Waals surface area contributed by atoms with E-state index in [-0.39, 0.29) is 24.2 Å². The van der Waals surface area contributed by atoms with Gasteiger partial charge in [-0.25, -0.2) is 4.79 Å². The fraction of sp³-hybridized carbons (Fsp3) is 0.700. The van der Waals surface area contributed by atoms with Gasteiger partial charge in [0.05, 0.1) is 104 Å². The molecule has 0 saturated heterocycles. The Hall–Kier alpha value is -2.09. The van der Waals surface area contributed by atoms with Crippen LogP contribution in [0.25, 0.3) is 0 Å². The molecular formula is C30H50O11. The zero-order valence-corrected chi connectivity index (χ0v) is 25.0. The molecule has 0 amide bonds. The Balaban J connectivity index is 1.88. The number of benzene rings is 1. The van der Waals surface area contributed by atoms with Crippen LogP contribution >= 0.6 is 0 Å². The van der Waals surface area contributed by atoms with Crippen molar-refractivity contribution in [3.63, 3.8) is 0 Å². The van der Waals surface area contributed by atoms with Gasteiger partial charge < -0.3 is 47.7 Å². The van der Waals surface area contributed by atoms with Gasteiger partial charge in [-0.2, -0.15) is 0 Å². The van der Waals surface area contributed by atoms with Gasteiger partial charge in [0.15, 0.2) is 0 Å². The van der Waals surface area contributed by atoms with Crippen LogP contribution in [0.3, 0.4) is 0 Å². The van der Waals surface area contributed by atoms with Crippen LogP contribution in [0.5, 0.6) is 5.75 Å². The fourth-order valence-corrected chi connectivity index (χ4v) is 3.12. The van der Waals surface area contributed by atoms with E-state index < -0.39 is 12.1 Å². The van der Waals surface area contributed by atoms with Crippen molar-refractivity contribution in [2.24, 2.45) is 0 Å². The van der Waals surface area contributed by atoms with Crippen molar-refractivity contribution in [1.82, 2.24) is 0 Å². The van der Waals surface area contributed by atoms with Gasteiger partial charge in [0.2, 0.25) is 0 Å². The van der Waals surface area contributed by atoms with Gasteiger partial charge in [0.1, 0.15) is 12.4 Å². The van der Waals surface area contributed by atoms with Gasteiger partial charge in [-0.15, -0.1) is 0 Å². The Morgan fingerprint density at radius 1 is 0.707 bits per heavy atom. The van der Waals surface area contributed by atoms with Crippen LogP contribution in [-0.2, 0) is 42.7 Å². The Labute approximate surface area is 244 Å². The van der Waals surface area contributed by atoms with Crippen LogP contribution in [0.15, 0.2) is 42.5 Å². The second-order valence-electron chi connectivity index (χ2n) is 9.86. The lowest BCUT2D eigenvalue weighted by atomic mass is 10.1. The third-order valence-electron chi connectivity index (χ3n) is 5.16.